The van der Waals surface area contributed by atoms with Gasteiger partial charge in [-0.3, -0.25) is 14.9 Å². The van der Waals surface area contributed by atoms with E-state index in [2.05, 4.69) is 15.6 Å². The van der Waals surface area contributed by atoms with Crippen LogP contribution in [0.4, 0.5) is 11.4 Å². The van der Waals surface area contributed by atoms with Crippen molar-refractivity contribution in [3.63, 3.8) is 0 Å². The molecule has 7 heteroatoms. The molecule has 1 amide bonds. The number of nitrogens with zero attached hydrogens (tertiary/aromatic N) is 2. The first-order valence-electron chi connectivity index (χ1n) is 6.16. The summed E-state index contributed by atoms with van der Waals surface area (Å²) in [5, 5.41) is 17.2. The number of para-hydroxylation sites is 1. The second-order valence-electron chi connectivity index (χ2n) is 4.10. The van der Waals surface area contributed by atoms with E-state index in [1.165, 1.54) is 12.3 Å². The SMILES string of the molecule is CCNC(=O)CNc1ccnc2c([N+](=O)[O-])cccc12. The molecule has 2 rings (SSSR count). The lowest BCUT2D eigenvalue weighted by Crippen LogP contribution is -2.29. The van der Waals surface area contributed by atoms with E-state index in [-0.39, 0.29) is 18.1 Å². The van der Waals surface area contributed by atoms with Crippen LogP contribution in [-0.2, 0) is 4.79 Å². The molecule has 0 fully saturated rings. The van der Waals surface area contributed by atoms with Gasteiger partial charge in [-0.1, -0.05) is 12.1 Å². The summed E-state index contributed by atoms with van der Waals surface area (Å²) < 4.78 is 0. The number of amides is 1. The number of hydrogen-bond donors (Lipinski definition) is 2. The van der Waals surface area contributed by atoms with Gasteiger partial charge in [0.1, 0.15) is 5.52 Å². The first kappa shape index (κ1) is 13.7. The molecule has 7 nitrogen and oxygen atoms in total. The number of hydrogen-bond acceptors (Lipinski definition) is 5. The second-order valence-corrected chi connectivity index (χ2v) is 4.10. The summed E-state index contributed by atoms with van der Waals surface area (Å²) in [6.07, 6.45) is 1.48. The number of pyridine rings is 1. The van der Waals surface area contributed by atoms with Gasteiger partial charge in [0.15, 0.2) is 0 Å². The number of nitro groups is 1. The van der Waals surface area contributed by atoms with Crippen LogP contribution in [0.2, 0.25) is 0 Å². The molecule has 0 aliphatic rings. The third-order valence-electron chi connectivity index (χ3n) is 2.76. The van der Waals surface area contributed by atoms with E-state index in [0.29, 0.717) is 23.1 Å². The predicted octanol–water partition coefficient (Wildman–Crippen LogP) is 1.69. The third-order valence-corrected chi connectivity index (χ3v) is 2.76. The van der Waals surface area contributed by atoms with Crippen LogP contribution >= 0.6 is 0 Å². The normalized spacial score (nSPS) is 10.2. The number of benzene rings is 1. The molecule has 0 radical (unpaired) electrons. The summed E-state index contributed by atoms with van der Waals surface area (Å²) in [4.78, 5) is 26.0. The number of anilines is 1. The molecule has 0 saturated carbocycles. The third kappa shape index (κ3) is 2.82. The summed E-state index contributed by atoms with van der Waals surface area (Å²) in [5.41, 5.74) is 0.896. The molecule has 1 aromatic heterocycles. The average molecular weight is 274 g/mol. The van der Waals surface area contributed by atoms with Crippen molar-refractivity contribution < 1.29 is 9.72 Å². The van der Waals surface area contributed by atoms with Crippen molar-refractivity contribution >= 4 is 28.2 Å². The Hall–Kier alpha value is -2.70. The van der Waals surface area contributed by atoms with E-state index >= 15 is 0 Å². The standard InChI is InChI=1S/C13H14N4O3/c1-2-14-12(18)8-16-10-6-7-15-13-9(10)4-3-5-11(13)17(19)20/h3-7H,2,8H2,1H3,(H,14,18)(H,15,16). The number of carbonyl (C=O) groups excluding carboxylic acids is 1. The summed E-state index contributed by atoms with van der Waals surface area (Å²) in [5.74, 6) is -0.136. The van der Waals surface area contributed by atoms with Crippen LogP contribution in [0.15, 0.2) is 30.5 Å². The van der Waals surface area contributed by atoms with Gasteiger partial charge in [-0.2, -0.15) is 0 Å². The molecule has 104 valence electrons. The summed E-state index contributed by atoms with van der Waals surface area (Å²) in [6.45, 7) is 2.50. The molecule has 0 saturated heterocycles. The van der Waals surface area contributed by atoms with Crippen LogP contribution in [0.5, 0.6) is 0 Å². The zero-order valence-electron chi connectivity index (χ0n) is 10.9. The van der Waals surface area contributed by atoms with E-state index in [0.717, 1.165) is 0 Å². The van der Waals surface area contributed by atoms with Gasteiger partial charge in [-0.05, 0) is 13.0 Å². The minimum Gasteiger partial charge on any atom is -0.376 e. The van der Waals surface area contributed by atoms with Crippen LogP contribution < -0.4 is 10.6 Å². The number of aromatic nitrogens is 1. The maximum absolute atomic E-state index is 11.4. The summed E-state index contributed by atoms with van der Waals surface area (Å²) in [7, 11) is 0. The number of likely N-dealkylation sites (N-methyl/N-ethyl adjacent to an activating group) is 1. The van der Waals surface area contributed by atoms with E-state index < -0.39 is 4.92 Å². The highest BCUT2D eigenvalue weighted by Gasteiger charge is 2.14. The molecule has 0 aliphatic carbocycles. The Morgan fingerprint density at radius 3 is 2.90 bits per heavy atom. The molecule has 0 bridgehead atoms. The highest BCUT2D eigenvalue weighted by atomic mass is 16.6. The monoisotopic (exact) mass is 274 g/mol. The predicted molar refractivity (Wildman–Crippen MR) is 75.6 cm³/mol. The van der Waals surface area contributed by atoms with Gasteiger partial charge in [0.2, 0.25) is 5.91 Å². The maximum atomic E-state index is 11.4. The fourth-order valence-electron chi connectivity index (χ4n) is 1.90. The van der Waals surface area contributed by atoms with Crippen molar-refractivity contribution in [2.45, 2.75) is 6.92 Å². The number of carbonyl (C=O) groups is 1. The molecule has 0 aliphatic heterocycles. The minimum atomic E-state index is -0.469. The quantitative estimate of drug-likeness (QED) is 0.638. The molecule has 20 heavy (non-hydrogen) atoms. The number of rotatable bonds is 5. The van der Waals surface area contributed by atoms with E-state index in [1.807, 2.05) is 6.92 Å². The lowest BCUT2D eigenvalue weighted by molar-refractivity contribution is -0.383. The zero-order valence-corrected chi connectivity index (χ0v) is 10.9. The Morgan fingerprint density at radius 2 is 2.20 bits per heavy atom. The average Bonchev–Trinajstić information content (AvgIpc) is 2.44. The molecule has 0 unspecified atom stereocenters. The van der Waals surface area contributed by atoms with Crippen molar-refractivity contribution in [1.82, 2.24) is 10.3 Å². The first-order valence-corrected chi connectivity index (χ1v) is 6.16. The largest absolute Gasteiger partial charge is 0.376 e. The van der Waals surface area contributed by atoms with Crippen LogP contribution in [0.25, 0.3) is 10.9 Å². The van der Waals surface area contributed by atoms with Gasteiger partial charge in [0, 0.05) is 29.9 Å². The van der Waals surface area contributed by atoms with Gasteiger partial charge in [0.25, 0.3) is 5.69 Å². The number of non-ortho nitro benzene ring substituents is 1. The minimum absolute atomic E-state index is 0.0517. The highest BCUT2D eigenvalue weighted by molar-refractivity contribution is 5.97. The molecule has 2 N–H and O–H groups in total. The van der Waals surface area contributed by atoms with Crippen molar-refractivity contribution in [3.05, 3.63) is 40.6 Å². The molecule has 2 aromatic rings. The molecular formula is C13H14N4O3. The Morgan fingerprint density at radius 1 is 1.40 bits per heavy atom. The zero-order chi connectivity index (χ0) is 14.5. The van der Waals surface area contributed by atoms with Crippen molar-refractivity contribution in [2.24, 2.45) is 0 Å². The molecule has 0 atom stereocenters. The van der Waals surface area contributed by atoms with Crippen molar-refractivity contribution in [2.75, 3.05) is 18.4 Å². The lowest BCUT2D eigenvalue weighted by atomic mass is 10.1. The Bertz CT molecular complexity index is 657. The second kappa shape index (κ2) is 5.96. The van der Waals surface area contributed by atoms with Crippen LogP contribution in [0, 0.1) is 10.1 Å². The van der Waals surface area contributed by atoms with Crippen LogP contribution in [-0.4, -0.2) is 28.9 Å². The van der Waals surface area contributed by atoms with Gasteiger partial charge < -0.3 is 10.6 Å². The highest BCUT2D eigenvalue weighted by Crippen LogP contribution is 2.28. The van der Waals surface area contributed by atoms with Crippen molar-refractivity contribution in [1.29, 1.82) is 0 Å². The van der Waals surface area contributed by atoms with Gasteiger partial charge in [0.05, 0.1) is 11.5 Å². The Kier molecular flexibility index (Phi) is 4.09. The topological polar surface area (TPSA) is 97.2 Å². The molecular weight excluding hydrogens is 260 g/mol. The van der Waals surface area contributed by atoms with E-state index in [4.69, 9.17) is 0 Å². The molecule has 1 heterocycles. The first-order chi connectivity index (χ1) is 9.63. The summed E-state index contributed by atoms with van der Waals surface area (Å²) in [6, 6.07) is 6.42. The maximum Gasteiger partial charge on any atom is 0.295 e. The van der Waals surface area contributed by atoms with Gasteiger partial charge >= 0.3 is 0 Å². The molecule has 1 aromatic carbocycles. The van der Waals surface area contributed by atoms with E-state index in [1.54, 1.807) is 18.2 Å². The Balaban J connectivity index is 2.33. The number of fused-ring (bicyclic) bond motifs is 1. The smallest absolute Gasteiger partial charge is 0.295 e. The Labute approximate surface area is 115 Å². The fraction of sp³-hybridized carbons (Fsp3) is 0.231. The van der Waals surface area contributed by atoms with Crippen molar-refractivity contribution in [3.8, 4) is 0 Å². The number of nitrogens with one attached hydrogen (secondary N) is 2. The number of nitro benzene ring substituents is 1. The van der Waals surface area contributed by atoms with Crippen LogP contribution in [0.1, 0.15) is 6.92 Å². The van der Waals surface area contributed by atoms with E-state index in [9.17, 15) is 14.9 Å². The van der Waals surface area contributed by atoms with Gasteiger partial charge in [-0.25, -0.2) is 4.98 Å². The fourth-order valence-corrected chi connectivity index (χ4v) is 1.90. The summed E-state index contributed by atoms with van der Waals surface area (Å²) >= 11 is 0. The van der Waals surface area contributed by atoms with Crippen LogP contribution in [0.3, 0.4) is 0 Å². The lowest BCUT2D eigenvalue weighted by Gasteiger charge is -2.09. The molecule has 0 spiro atoms. The van der Waals surface area contributed by atoms with Gasteiger partial charge in [-0.15, -0.1) is 0 Å².